The van der Waals surface area contributed by atoms with Gasteiger partial charge in [0.1, 0.15) is 5.82 Å². The number of hydrogen-bond donors (Lipinski definition) is 2. The molecule has 2 aliphatic rings. The van der Waals surface area contributed by atoms with Crippen LogP contribution >= 0.6 is 0 Å². The lowest BCUT2D eigenvalue weighted by atomic mass is 9.71. The number of nitrogens with zero attached hydrogens (tertiary/aromatic N) is 3. The minimum absolute atomic E-state index is 0.335. The molecule has 3 N–H and O–H groups in total. The van der Waals surface area contributed by atoms with Crippen LogP contribution in [0.4, 0.5) is 11.5 Å². The van der Waals surface area contributed by atoms with E-state index in [4.69, 9.17) is 5.73 Å². The van der Waals surface area contributed by atoms with Crippen LogP contribution in [0.5, 0.6) is 0 Å². The number of aliphatic hydroxyl groups is 1. The van der Waals surface area contributed by atoms with Gasteiger partial charge in [-0.15, -0.1) is 0 Å². The summed E-state index contributed by atoms with van der Waals surface area (Å²) < 4.78 is 1.91. The van der Waals surface area contributed by atoms with Crippen molar-refractivity contribution in [3.8, 4) is 0 Å². The van der Waals surface area contributed by atoms with Crippen molar-refractivity contribution in [2.45, 2.75) is 57.5 Å². The zero-order valence-electron chi connectivity index (χ0n) is 13.5. The number of aryl methyl sites for hydroxylation is 1. The van der Waals surface area contributed by atoms with Gasteiger partial charge >= 0.3 is 0 Å². The molecule has 1 aromatic heterocycles. The normalized spacial score (nSPS) is 29.8. The predicted molar refractivity (Wildman–Crippen MR) is 85.4 cm³/mol. The third-order valence-electron chi connectivity index (χ3n) is 5.36. The first-order valence-corrected chi connectivity index (χ1v) is 8.22. The summed E-state index contributed by atoms with van der Waals surface area (Å²) in [6, 6.07) is 0. The van der Waals surface area contributed by atoms with Crippen LogP contribution in [-0.4, -0.2) is 33.6 Å². The number of piperidine rings is 1. The van der Waals surface area contributed by atoms with E-state index < -0.39 is 5.60 Å². The van der Waals surface area contributed by atoms with Gasteiger partial charge in [-0.3, -0.25) is 4.68 Å². The Labute approximate surface area is 127 Å². The van der Waals surface area contributed by atoms with E-state index in [1.807, 2.05) is 11.7 Å². The van der Waals surface area contributed by atoms with Gasteiger partial charge in [-0.05, 0) is 25.2 Å². The summed E-state index contributed by atoms with van der Waals surface area (Å²) in [6.45, 7) is 6.02. The topological polar surface area (TPSA) is 67.3 Å². The van der Waals surface area contributed by atoms with Gasteiger partial charge in [0.25, 0.3) is 0 Å². The maximum Gasteiger partial charge on any atom is 0.150 e. The Kier molecular flexibility index (Phi) is 3.64. The number of hydrogen-bond acceptors (Lipinski definition) is 4. The van der Waals surface area contributed by atoms with Crippen molar-refractivity contribution in [3.05, 3.63) is 5.69 Å². The third kappa shape index (κ3) is 2.41. The maximum absolute atomic E-state index is 10.8. The molecular formula is C16H28N4O. The van der Waals surface area contributed by atoms with Crippen molar-refractivity contribution in [1.82, 2.24) is 9.78 Å². The van der Waals surface area contributed by atoms with Crippen LogP contribution < -0.4 is 10.6 Å². The summed E-state index contributed by atoms with van der Waals surface area (Å²) in [4.78, 5) is 2.33. The van der Waals surface area contributed by atoms with E-state index >= 15 is 0 Å². The molecule has 0 spiro atoms. The van der Waals surface area contributed by atoms with Crippen LogP contribution in [0, 0.1) is 5.92 Å². The van der Waals surface area contributed by atoms with E-state index in [0.717, 1.165) is 49.6 Å². The van der Waals surface area contributed by atoms with Crippen molar-refractivity contribution in [2.75, 3.05) is 23.7 Å². The van der Waals surface area contributed by atoms with Gasteiger partial charge in [-0.2, -0.15) is 5.10 Å². The van der Waals surface area contributed by atoms with Crippen LogP contribution in [0.15, 0.2) is 0 Å². The van der Waals surface area contributed by atoms with Gasteiger partial charge in [0.05, 0.1) is 17.0 Å². The van der Waals surface area contributed by atoms with Gasteiger partial charge in [-0.25, -0.2) is 0 Å². The van der Waals surface area contributed by atoms with Crippen molar-refractivity contribution >= 4 is 11.5 Å². The quantitative estimate of drug-likeness (QED) is 0.877. The molecule has 5 nitrogen and oxygen atoms in total. The van der Waals surface area contributed by atoms with Crippen molar-refractivity contribution in [2.24, 2.45) is 13.0 Å². The predicted octanol–water partition coefficient (Wildman–Crippen LogP) is 2.26. The molecule has 5 heteroatoms. The highest BCUT2D eigenvalue weighted by Crippen LogP contribution is 2.42. The van der Waals surface area contributed by atoms with E-state index in [1.54, 1.807) is 0 Å². The SMILES string of the molecule is CC(C)c1nn(C)c(N2CCC3(O)CCCCC3C2)c1N. The molecule has 1 aliphatic heterocycles. The fourth-order valence-corrected chi connectivity index (χ4v) is 4.12. The largest absolute Gasteiger partial charge is 0.394 e. The van der Waals surface area contributed by atoms with Crippen LogP contribution in [0.25, 0.3) is 0 Å². The molecular weight excluding hydrogens is 264 g/mol. The van der Waals surface area contributed by atoms with Gasteiger partial charge in [0.15, 0.2) is 0 Å². The molecule has 21 heavy (non-hydrogen) atoms. The fourth-order valence-electron chi connectivity index (χ4n) is 4.12. The smallest absolute Gasteiger partial charge is 0.150 e. The molecule has 2 unspecified atom stereocenters. The number of nitrogens with two attached hydrogens (primary N) is 1. The molecule has 0 amide bonds. The Morgan fingerprint density at radius 2 is 2.10 bits per heavy atom. The van der Waals surface area contributed by atoms with E-state index in [-0.39, 0.29) is 0 Å². The number of anilines is 2. The van der Waals surface area contributed by atoms with Crippen LogP contribution in [0.2, 0.25) is 0 Å². The summed E-state index contributed by atoms with van der Waals surface area (Å²) in [7, 11) is 1.97. The Balaban J connectivity index is 1.86. The highest BCUT2D eigenvalue weighted by atomic mass is 16.3. The van der Waals surface area contributed by atoms with E-state index in [0.29, 0.717) is 11.8 Å². The lowest BCUT2D eigenvalue weighted by Gasteiger charge is -2.48. The van der Waals surface area contributed by atoms with Crippen LogP contribution in [0.3, 0.4) is 0 Å². The lowest BCUT2D eigenvalue weighted by molar-refractivity contribution is -0.0614. The van der Waals surface area contributed by atoms with Crippen molar-refractivity contribution < 1.29 is 5.11 Å². The number of rotatable bonds is 2. The summed E-state index contributed by atoms with van der Waals surface area (Å²) >= 11 is 0. The van der Waals surface area contributed by atoms with Gasteiger partial charge in [0.2, 0.25) is 0 Å². The second-order valence-electron chi connectivity index (χ2n) is 7.14. The molecule has 2 heterocycles. The molecule has 0 aromatic carbocycles. The van der Waals surface area contributed by atoms with Crippen molar-refractivity contribution in [1.29, 1.82) is 0 Å². The standard InChI is InChI=1S/C16H28N4O/c1-11(2)14-13(17)15(19(3)18-14)20-9-8-16(21)7-5-4-6-12(16)10-20/h11-12,21H,4-10,17H2,1-3H3. The molecule has 1 saturated heterocycles. The van der Waals surface area contributed by atoms with E-state index in [1.165, 1.54) is 12.8 Å². The average Bonchev–Trinajstić information content (AvgIpc) is 2.73. The average molecular weight is 292 g/mol. The van der Waals surface area contributed by atoms with Gasteiger partial charge < -0.3 is 15.7 Å². The summed E-state index contributed by atoms with van der Waals surface area (Å²) in [5, 5.41) is 15.4. The third-order valence-corrected chi connectivity index (χ3v) is 5.36. The summed E-state index contributed by atoms with van der Waals surface area (Å²) in [5.41, 5.74) is 7.70. The molecule has 118 valence electrons. The first-order chi connectivity index (χ1) is 9.92. The Morgan fingerprint density at radius 1 is 1.33 bits per heavy atom. The molecule has 1 saturated carbocycles. The zero-order valence-corrected chi connectivity index (χ0v) is 13.5. The molecule has 0 bridgehead atoms. The molecule has 2 fully saturated rings. The minimum Gasteiger partial charge on any atom is -0.394 e. The second-order valence-corrected chi connectivity index (χ2v) is 7.14. The monoisotopic (exact) mass is 292 g/mol. The lowest BCUT2D eigenvalue weighted by Crippen LogP contribution is -2.53. The first kappa shape index (κ1) is 14.7. The molecule has 1 aliphatic carbocycles. The van der Waals surface area contributed by atoms with Crippen molar-refractivity contribution in [3.63, 3.8) is 0 Å². The van der Waals surface area contributed by atoms with Crippen LogP contribution in [-0.2, 0) is 7.05 Å². The molecule has 0 radical (unpaired) electrons. The number of fused-ring (bicyclic) bond motifs is 1. The van der Waals surface area contributed by atoms with Gasteiger partial charge in [-0.1, -0.05) is 26.7 Å². The first-order valence-electron chi connectivity index (χ1n) is 8.22. The summed E-state index contributed by atoms with van der Waals surface area (Å²) in [6.07, 6.45) is 5.34. The Morgan fingerprint density at radius 3 is 2.76 bits per heavy atom. The van der Waals surface area contributed by atoms with Gasteiger partial charge in [0, 0.05) is 26.1 Å². The van der Waals surface area contributed by atoms with E-state index in [2.05, 4.69) is 23.8 Å². The highest BCUT2D eigenvalue weighted by Gasteiger charge is 2.43. The van der Waals surface area contributed by atoms with Crippen LogP contribution in [0.1, 0.15) is 57.6 Å². The Hall–Kier alpha value is -1.23. The zero-order chi connectivity index (χ0) is 15.2. The minimum atomic E-state index is -0.441. The fraction of sp³-hybridized carbons (Fsp3) is 0.812. The molecule has 2 atom stereocenters. The molecule has 3 rings (SSSR count). The number of nitrogen functional groups attached to an aromatic ring is 1. The maximum atomic E-state index is 10.8. The highest BCUT2D eigenvalue weighted by molar-refractivity contribution is 5.67. The number of aromatic nitrogens is 2. The molecule has 1 aromatic rings. The van der Waals surface area contributed by atoms with E-state index in [9.17, 15) is 5.11 Å². The Bertz CT molecular complexity index is 525. The summed E-state index contributed by atoms with van der Waals surface area (Å²) in [5.74, 6) is 1.74. The second kappa shape index (κ2) is 5.20.